The summed E-state index contributed by atoms with van der Waals surface area (Å²) in [6.07, 6.45) is 1.87. The van der Waals surface area contributed by atoms with Crippen molar-refractivity contribution in [1.82, 2.24) is 4.98 Å². The van der Waals surface area contributed by atoms with Gasteiger partial charge in [0.1, 0.15) is 5.82 Å². The van der Waals surface area contributed by atoms with E-state index in [0.717, 1.165) is 12.1 Å². The highest BCUT2D eigenvalue weighted by atomic mass is 16.3. The maximum absolute atomic E-state index is 10.4. The molecule has 1 N–H and O–H groups in total. The predicted molar refractivity (Wildman–Crippen MR) is 54.6 cm³/mol. The molecule has 1 aromatic heterocycles. The van der Waals surface area contributed by atoms with E-state index < -0.39 is 6.10 Å². The molecule has 14 heavy (non-hydrogen) atoms. The van der Waals surface area contributed by atoms with Gasteiger partial charge >= 0.3 is 0 Å². The summed E-state index contributed by atoms with van der Waals surface area (Å²) in [6.45, 7) is 2.24. The van der Waals surface area contributed by atoms with Gasteiger partial charge in [0, 0.05) is 25.4 Å². The summed E-state index contributed by atoms with van der Waals surface area (Å²) in [4.78, 5) is 16.3. The van der Waals surface area contributed by atoms with E-state index >= 15 is 0 Å². The van der Waals surface area contributed by atoms with Gasteiger partial charge in [0.2, 0.25) is 0 Å². The van der Waals surface area contributed by atoms with Crippen LogP contribution < -0.4 is 4.90 Å². The molecule has 0 amide bonds. The molecule has 1 heterocycles. The lowest BCUT2D eigenvalue weighted by Crippen LogP contribution is -2.27. The first-order valence-corrected chi connectivity index (χ1v) is 4.44. The van der Waals surface area contributed by atoms with Crippen LogP contribution in [0.5, 0.6) is 0 Å². The zero-order valence-corrected chi connectivity index (χ0v) is 8.34. The number of hydrogen-bond donors (Lipinski definition) is 1. The summed E-state index contributed by atoms with van der Waals surface area (Å²) >= 11 is 0. The maximum Gasteiger partial charge on any atom is 0.151 e. The molecular weight excluding hydrogens is 180 g/mol. The summed E-state index contributed by atoms with van der Waals surface area (Å²) in [7, 11) is 1.84. The van der Waals surface area contributed by atoms with Crippen LogP contribution in [-0.2, 0) is 0 Å². The first-order chi connectivity index (χ1) is 6.63. The topological polar surface area (TPSA) is 53.4 Å². The lowest BCUT2D eigenvalue weighted by Gasteiger charge is -2.19. The quantitative estimate of drug-likeness (QED) is 0.717. The van der Waals surface area contributed by atoms with Crippen molar-refractivity contribution in [3.8, 4) is 0 Å². The van der Waals surface area contributed by atoms with Gasteiger partial charge in [-0.15, -0.1) is 0 Å². The molecule has 4 nitrogen and oxygen atoms in total. The van der Waals surface area contributed by atoms with Crippen LogP contribution in [-0.4, -0.2) is 36.1 Å². The van der Waals surface area contributed by atoms with E-state index in [0.29, 0.717) is 12.1 Å². The number of aliphatic hydroxyl groups is 1. The van der Waals surface area contributed by atoms with Crippen LogP contribution in [0.15, 0.2) is 18.3 Å². The van der Waals surface area contributed by atoms with E-state index in [-0.39, 0.29) is 0 Å². The number of hydrogen-bond acceptors (Lipinski definition) is 4. The second-order valence-corrected chi connectivity index (χ2v) is 3.30. The number of anilines is 1. The van der Waals surface area contributed by atoms with Gasteiger partial charge in [-0.2, -0.15) is 0 Å². The van der Waals surface area contributed by atoms with Gasteiger partial charge in [0.05, 0.1) is 6.10 Å². The third-order valence-electron chi connectivity index (χ3n) is 1.84. The predicted octanol–water partition coefficient (Wildman–Crippen LogP) is 0.711. The molecule has 1 atom stereocenters. The highest BCUT2D eigenvalue weighted by molar-refractivity contribution is 5.74. The molecule has 76 valence electrons. The van der Waals surface area contributed by atoms with Crippen molar-refractivity contribution in [3.05, 3.63) is 23.9 Å². The monoisotopic (exact) mass is 194 g/mol. The number of pyridine rings is 1. The van der Waals surface area contributed by atoms with Crippen LogP contribution in [0.3, 0.4) is 0 Å². The third kappa shape index (κ3) is 2.81. The summed E-state index contributed by atoms with van der Waals surface area (Å²) in [5, 5.41) is 9.16. The Bertz CT molecular complexity index is 295. The lowest BCUT2D eigenvalue weighted by atomic mass is 10.3. The van der Waals surface area contributed by atoms with Crippen molar-refractivity contribution < 1.29 is 9.90 Å². The van der Waals surface area contributed by atoms with Crippen LogP contribution in [0.25, 0.3) is 0 Å². The fraction of sp³-hybridized carbons (Fsp3) is 0.400. The van der Waals surface area contributed by atoms with Crippen LogP contribution >= 0.6 is 0 Å². The molecule has 0 aliphatic heterocycles. The third-order valence-corrected chi connectivity index (χ3v) is 1.84. The minimum absolute atomic E-state index is 0.396. The van der Waals surface area contributed by atoms with E-state index in [1.54, 1.807) is 19.1 Å². The Morgan fingerprint density at radius 1 is 1.64 bits per heavy atom. The number of likely N-dealkylation sites (N-methyl/N-ethyl adjacent to an activating group) is 1. The summed E-state index contributed by atoms with van der Waals surface area (Å²) in [5.74, 6) is 0.747. The van der Waals surface area contributed by atoms with Crippen molar-refractivity contribution in [1.29, 1.82) is 0 Å². The second-order valence-electron chi connectivity index (χ2n) is 3.30. The zero-order valence-electron chi connectivity index (χ0n) is 8.34. The molecule has 0 saturated carbocycles. The van der Waals surface area contributed by atoms with Crippen LogP contribution in [0.2, 0.25) is 0 Å². The van der Waals surface area contributed by atoms with Crippen LogP contribution in [0.4, 0.5) is 5.82 Å². The number of rotatable bonds is 4. The number of aromatic nitrogens is 1. The molecule has 0 radical (unpaired) electrons. The summed E-state index contributed by atoms with van der Waals surface area (Å²) < 4.78 is 0. The Labute approximate surface area is 83.2 Å². The van der Waals surface area contributed by atoms with E-state index in [9.17, 15) is 4.79 Å². The SMILES string of the molecule is CC(O)CN(C)c1ccc(C=O)cn1. The summed E-state index contributed by atoms with van der Waals surface area (Å²) in [6, 6.07) is 3.46. The molecule has 1 unspecified atom stereocenters. The highest BCUT2D eigenvalue weighted by Crippen LogP contribution is 2.08. The number of carbonyl (C=O) groups is 1. The van der Waals surface area contributed by atoms with Crippen LogP contribution in [0.1, 0.15) is 17.3 Å². The van der Waals surface area contributed by atoms with Gasteiger partial charge in [-0.3, -0.25) is 4.79 Å². The van der Waals surface area contributed by atoms with Crippen molar-refractivity contribution in [2.24, 2.45) is 0 Å². The number of aldehydes is 1. The van der Waals surface area contributed by atoms with Crippen molar-refractivity contribution in [2.45, 2.75) is 13.0 Å². The van der Waals surface area contributed by atoms with Crippen molar-refractivity contribution in [3.63, 3.8) is 0 Å². The largest absolute Gasteiger partial charge is 0.392 e. The number of aliphatic hydroxyl groups excluding tert-OH is 1. The smallest absolute Gasteiger partial charge is 0.151 e. The van der Waals surface area contributed by atoms with Crippen molar-refractivity contribution >= 4 is 12.1 Å². The van der Waals surface area contributed by atoms with Gasteiger partial charge in [0.25, 0.3) is 0 Å². The molecule has 0 bridgehead atoms. The summed E-state index contributed by atoms with van der Waals surface area (Å²) in [5.41, 5.74) is 0.555. The molecule has 0 spiro atoms. The Hall–Kier alpha value is -1.42. The molecule has 1 rings (SSSR count). The highest BCUT2D eigenvalue weighted by Gasteiger charge is 2.04. The Kier molecular flexibility index (Phi) is 3.59. The molecule has 0 saturated heterocycles. The minimum atomic E-state index is -0.396. The Morgan fingerprint density at radius 3 is 2.79 bits per heavy atom. The van der Waals surface area contributed by atoms with Gasteiger partial charge in [-0.05, 0) is 19.1 Å². The average Bonchev–Trinajstić information content (AvgIpc) is 2.17. The van der Waals surface area contributed by atoms with E-state index in [1.807, 2.05) is 11.9 Å². The molecule has 0 fully saturated rings. The normalized spacial score (nSPS) is 12.2. The van der Waals surface area contributed by atoms with Gasteiger partial charge in [-0.25, -0.2) is 4.98 Å². The fourth-order valence-corrected chi connectivity index (χ4v) is 1.18. The van der Waals surface area contributed by atoms with E-state index in [2.05, 4.69) is 4.98 Å². The Balaban J connectivity index is 2.71. The van der Waals surface area contributed by atoms with Gasteiger partial charge in [-0.1, -0.05) is 0 Å². The van der Waals surface area contributed by atoms with Crippen LogP contribution in [0, 0.1) is 0 Å². The van der Waals surface area contributed by atoms with Gasteiger partial charge in [0.15, 0.2) is 6.29 Å². The Morgan fingerprint density at radius 2 is 2.36 bits per heavy atom. The molecule has 0 aliphatic rings. The van der Waals surface area contributed by atoms with Crippen molar-refractivity contribution in [2.75, 3.05) is 18.5 Å². The molecule has 0 aromatic carbocycles. The second kappa shape index (κ2) is 4.72. The van der Waals surface area contributed by atoms with E-state index in [4.69, 9.17) is 5.11 Å². The first-order valence-electron chi connectivity index (χ1n) is 4.44. The molecule has 4 heteroatoms. The number of carbonyl (C=O) groups excluding carboxylic acids is 1. The van der Waals surface area contributed by atoms with E-state index in [1.165, 1.54) is 6.20 Å². The molecular formula is C10H14N2O2. The molecule has 1 aromatic rings. The standard InChI is InChI=1S/C10H14N2O2/c1-8(14)6-12(2)10-4-3-9(7-13)5-11-10/h3-5,7-8,14H,6H2,1-2H3. The average molecular weight is 194 g/mol. The zero-order chi connectivity index (χ0) is 10.6. The first kappa shape index (κ1) is 10.7. The molecule has 0 aliphatic carbocycles. The van der Waals surface area contributed by atoms with Gasteiger partial charge < -0.3 is 10.0 Å². The fourth-order valence-electron chi connectivity index (χ4n) is 1.18. The minimum Gasteiger partial charge on any atom is -0.392 e. The maximum atomic E-state index is 10.4. The lowest BCUT2D eigenvalue weighted by molar-refractivity contribution is 0.112. The number of nitrogens with zero attached hydrogens (tertiary/aromatic N) is 2.